The average molecular weight is 282 g/mol. The first kappa shape index (κ1) is 16.7. The smallest absolute Gasteiger partial charge is 0.251 e. The van der Waals surface area contributed by atoms with E-state index in [1.807, 2.05) is 16.7 Å². The number of nitrogens with zero attached hydrogens (tertiary/aromatic N) is 2. The van der Waals surface area contributed by atoms with Crippen molar-refractivity contribution in [3.05, 3.63) is 12.7 Å². The SMILES string of the molecule is C=CCCOC(C)C(=O)N1CCCN(C(=O)CC)CC1. The van der Waals surface area contributed by atoms with Crippen molar-refractivity contribution in [2.75, 3.05) is 32.8 Å². The first-order chi connectivity index (χ1) is 9.60. The maximum atomic E-state index is 12.3. The van der Waals surface area contributed by atoms with E-state index in [0.29, 0.717) is 32.7 Å². The molecule has 5 nitrogen and oxygen atoms in total. The van der Waals surface area contributed by atoms with Crippen molar-refractivity contribution in [1.82, 2.24) is 9.80 Å². The van der Waals surface area contributed by atoms with E-state index in [0.717, 1.165) is 19.4 Å². The van der Waals surface area contributed by atoms with Crippen LogP contribution in [0.4, 0.5) is 0 Å². The summed E-state index contributed by atoms with van der Waals surface area (Å²) in [6, 6.07) is 0. The molecule has 1 aliphatic rings. The lowest BCUT2D eigenvalue weighted by Crippen LogP contribution is -2.42. The molecule has 1 heterocycles. The molecule has 114 valence electrons. The molecular formula is C15H26N2O3. The van der Waals surface area contributed by atoms with Crippen LogP contribution in [0.15, 0.2) is 12.7 Å². The van der Waals surface area contributed by atoms with Gasteiger partial charge >= 0.3 is 0 Å². The van der Waals surface area contributed by atoms with Crippen LogP contribution in [0.5, 0.6) is 0 Å². The summed E-state index contributed by atoms with van der Waals surface area (Å²) < 4.78 is 5.49. The number of amides is 2. The predicted molar refractivity (Wildman–Crippen MR) is 78.3 cm³/mol. The summed E-state index contributed by atoms with van der Waals surface area (Å²) in [4.78, 5) is 27.6. The van der Waals surface area contributed by atoms with Crippen LogP contribution in [-0.4, -0.2) is 60.5 Å². The lowest BCUT2D eigenvalue weighted by atomic mass is 10.3. The quantitative estimate of drug-likeness (QED) is 0.547. The zero-order valence-corrected chi connectivity index (χ0v) is 12.6. The molecule has 0 aliphatic carbocycles. The zero-order chi connectivity index (χ0) is 15.0. The molecule has 0 spiro atoms. The number of carbonyl (C=O) groups excluding carboxylic acids is 2. The van der Waals surface area contributed by atoms with Crippen molar-refractivity contribution in [1.29, 1.82) is 0 Å². The van der Waals surface area contributed by atoms with Gasteiger partial charge in [-0.25, -0.2) is 0 Å². The van der Waals surface area contributed by atoms with Crippen LogP contribution in [0.1, 0.15) is 33.1 Å². The van der Waals surface area contributed by atoms with E-state index in [1.54, 1.807) is 13.0 Å². The molecule has 1 aliphatic heterocycles. The van der Waals surface area contributed by atoms with Gasteiger partial charge in [0, 0.05) is 32.6 Å². The van der Waals surface area contributed by atoms with Gasteiger partial charge in [0.15, 0.2) is 0 Å². The molecule has 0 aromatic heterocycles. The highest BCUT2D eigenvalue weighted by Crippen LogP contribution is 2.08. The van der Waals surface area contributed by atoms with Gasteiger partial charge in [-0.3, -0.25) is 9.59 Å². The second-order valence-corrected chi connectivity index (χ2v) is 5.00. The number of hydrogen-bond donors (Lipinski definition) is 0. The largest absolute Gasteiger partial charge is 0.368 e. The van der Waals surface area contributed by atoms with Gasteiger partial charge in [0.05, 0.1) is 6.61 Å². The fraction of sp³-hybridized carbons (Fsp3) is 0.733. The Hall–Kier alpha value is -1.36. The average Bonchev–Trinajstić information content (AvgIpc) is 2.71. The molecule has 1 unspecified atom stereocenters. The Morgan fingerprint density at radius 3 is 2.55 bits per heavy atom. The third-order valence-electron chi connectivity index (χ3n) is 3.50. The number of rotatable bonds is 6. The molecule has 1 fully saturated rings. The minimum absolute atomic E-state index is 0.0138. The highest BCUT2D eigenvalue weighted by Gasteiger charge is 2.24. The van der Waals surface area contributed by atoms with Gasteiger partial charge in [0.25, 0.3) is 5.91 Å². The zero-order valence-electron chi connectivity index (χ0n) is 12.6. The Bertz CT molecular complexity index is 344. The normalized spacial score (nSPS) is 17.5. The molecule has 1 atom stereocenters. The van der Waals surface area contributed by atoms with Crippen LogP contribution in [0.25, 0.3) is 0 Å². The second-order valence-electron chi connectivity index (χ2n) is 5.00. The van der Waals surface area contributed by atoms with E-state index in [2.05, 4.69) is 6.58 Å². The van der Waals surface area contributed by atoms with Gasteiger partial charge in [-0.15, -0.1) is 6.58 Å². The summed E-state index contributed by atoms with van der Waals surface area (Å²) >= 11 is 0. The van der Waals surface area contributed by atoms with E-state index in [1.165, 1.54) is 0 Å². The van der Waals surface area contributed by atoms with Gasteiger partial charge in [-0.2, -0.15) is 0 Å². The summed E-state index contributed by atoms with van der Waals surface area (Å²) in [5, 5.41) is 0. The topological polar surface area (TPSA) is 49.9 Å². The highest BCUT2D eigenvalue weighted by molar-refractivity contribution is 5.81. The minimum atomic E-state index is -0.427. The molecule has 0 N–H and O–H groups in total. The van der Waals surface area contributed by atoms with Crippen LogP contribution in [0, 0.1) is 0 Å². The summed E-state index contributed by atoms with van der Waals surface area (Å²) in [6.07, 6.45) is 3.45. The van der Waals surface area contributed by atoms with Gasteiger partial charge in [-0.1, -0.05) is 13.0 Å². The standard InChI is InChI=1S/C15H26N2O3/c1-4-6-12-20-13(3)15(19)17-9-7-8-16(10-11-17)14(18)5-2/h4,13H,1,5-12H2,2-3H3. The monoisotopic (exact) mass is 282 g/mol. The first-order valence-electron chi connectivity index (χ1n) is 7.39. The summed E-state index contributed by atoms with van der Waals surface area (Å²) in [6.45, 7) is 10.4. The van der Waals surface area contributed by atoms with Crippen LogP contribution >= 0.6 is 0 Å². The molecule has 0 radical (unpaired) electrons. The van der Waals surface area contributed by atoms with Gasteiger partial charge in [0.2, 0.25) is 5.91 Å². The first-order valence-corrected chi connectivity index (χ1v) is 7.39. The molecule has 0 saturated carbocycles. The van der Waals surface area contributed by atoms with Gasteiger partial charge < -0.3 is 14.5 Å². The summed E-state index contributed by atoms with van der Waals surface area (Å²) in [5.41, 5.74) is 0. The highest BCUT2D eigenvalue weighted by atomic mass is 16.5. The van der Waals surface area contributed by atoms with Crippen molar-refractivity contribution >= 4 is 11.8 Å². The second kappa shape index (κ2) is 8.74. The van der Waals surface area contributed by atoms with E-state index >= 15 is 0 Å². The van der Waals surface area contributed by atoms with Crippen LogP contribution in [0.2, 0.25) is 0 Å². The Balaban J connectivity index is 2.45. The maximum Gasteiger partial charge on any atom is 0.251 e. The van der Waals surface area contributed by atoms with Crippen LogP contribution in [-0.2, 0) is 14.3 Å². The van der Waals surface area contributed by atoms with Crippen molar-refractivity contribution in [3.63, 3.8) is 0 Å². The predicted octanol–water partition coefficient (Wildman–Crippen LogP) is 1.44. The molecule has 0 aromatic carbocycles. The van der Waals surface area contributed by atoms with Crippen molar-refractivity contribution in [3.8, 4) is 0 Å². The summed E-state index contributed by atoms with van der Waals surface area (Å²) in [5.74, 6) is 0.175. The van der Waals surface area contributed by atoms with E-state index in [-0.39, 0.29) is 11.8 Å². The van der Waals surface area contributed by atoms with E-state index in [4.69, 9.17) is 4.74 Å². The van der Waals surface area contributed by atoms with Crippen LogP contribution < -0.4 is 0 Å². The third kappa shape index (κ3) is 4.96. The number of ether oxygens (including phenoxy) is 1. The molecule has 1 rings (SSSR count). The number of carbonyl (C=O) groups is 2. The lowest BCUT2D eigenvalue weighted by molar-refractivity contribution is -0.142. The van der Waals surface area contributed by atoms with Crippen molar-refractivity contribution < 1.29 is 14.3 Å². The molecule has 2 amide bonds. The molecule has 0 aromatic rings. The summed E-state index contributed by atoms with van der Waals surface area (Å²) in [7, 11) is 0. The minimum Gasteiger partial charge on any atom is -0.368 e. The van der Waals surface area contributed by atoms with E-state index < -0.39 is 6.10 Å². The molecule has 1 saturated heterocycles. The lowest BCUT2D eigenvalue weighted by Gasteiger charge is -2.24. The number of hydrogen-bond acceptors (Lipinski definition) is 3. The van der Waals surface area contributed by atoms with Crippen LogP contribution in [0.3, 0.4) is 0 Å². The van der Waals surface area contributed by atoms with Crippen molar-refractivity contribution in [2.45, 2.75) is 39.2 Å². The fourth-order valence-electron chi connectivity index (χ4n) is 2.27. The molecule has 20 heavy (non-hydrogen) atoms. The van der Waals surface area contributed by atoms with Gasteiger partial charge in [-0.05, 0) is 19.8 Å². The Kier molecular flexibility index (Phi) is 7.30. The van der Waals surface area contributed by atoms with Gasteiger partial charge in [0.1, 0.15) is 6.10 Å². The molecule has 5 heteroatoms. The Labute approximate surface area is 121 Å². The Morgan fingerprint density at radius 1 is 1.25 bits per heavy atom. The molecule has 0 bridgehead atoms. The Morgan fingerprint density at radius 2 is 1.90 bits per heavy atom. The fourth-order valence-corrected chi connectivity index (χ4v) is 2.27. The van der Waals surface area contributed by atoms with Crippen molar-refractivity contribution in [2.24, 2.45) is 0 Å². The van der Waals surface area contributed by atoms with E-state index in [9.17, 15) is 9.59 Å². The maximum absolute atomic E-state index is 12.3. The molecular weight excluding hydrogens is 256 g/mol. The third-order valence-corrected chi connectivity index (χ3v) is 3.50.